The number of carbonyl (C=O) groups is 7. The van der Waals surface area contributed by atoms with Gasteiger partial charge in [0.15, 0.2) is 0 Å². The number of ketones is 1. The average Bonchev–Trinajstić information content (AvgIpc) is 3.61. The summed E-state index contributed by atoms with van der Waals surface area (Å²) in [5.41, 5.74) is 1.06. The zero-order valence-electron chi connectivity index (χ0n) is 39.9. The van der Waals surface area contributed by atoms with Gasteiger partial charge in [0.05, 0.1) is 12.1 Å². The molecule has 7 N–H and O–H groups in total. The molecule has 3 rings (SSSR count). The number of fused-ring (bicyclic) bond motifs is 1. The summed E-state index contributed by atoms with van der Waals surface area (Å²) in [5.74, 6) is -2.82. The van der Waals surface area contributed by atoms with E-state index in [9.17, 15) is 33.6 Å². The van der Waals surface area contributed by atoms with Crippen LogP contribution in [0.3, 0.4) is 0 Å². The zero-order chi connectivity index (χ0) is 46.0. The predicted octanol–water partition coefficient (Wildman–Crippen LogP) is 3.38. The number of nitrogens with one attached hydrogen (secondary N) is 7. The third-order valence-electron chi connectivity index (χ3n) is 12.4. The number of rotatable bonds is 19. The topological polar surface area (TPSA) is 207 Å². The molecule has 1 fully saturated rings. The fourth-order valence-corrected chi connectivity index (χ4v) is 7.71. The molecule has 1 aliphatic carbocycles. The van der Waals surface area contributed by atoms with Crippen molar-refractivity contribution in [2.75, 3.05) is 20.6 Å². The van der Waals surface area contributed by atoms with E-state index in [0.717, 1.165) is 12.8 Å². The van der Waals surface area contributed by atoms with Gasteiger partial charge >= 0.3 is 0 Å². The van der Waals surface area contributed by atoms with Crippen molar-refractivity contribution in [3.63, 3.8) is 0 Å². The highest BCUT2D eigenvalue weighted by Crippen LogP contribution is 2.32. The molecule has 1 saturated heterocycles. The van der Waals surface area contributed by atoms with Crippen LogP contribution in [0, 0.1) is 22.7 Å². The first-order valence-corrected chi connectivity index (χ1v) is 22.1. The number of nitrogens with zero attached hydrogens (tertiary/aromatic N) is 1. The van der Waals surface area contributed by atoms with E-state index in [2.05, 4.69) is 49.4 Å². The van der Waals surface area contributed by atoms with Crippen LogP contribution >= 0.6 is 24.8 Å². The first-order valence-electron chi connectivity index (χ1n) is 22.1. The summed E-state index contributed by atoms with van der Waals surface area (Å²) in [4.78, 5) is 97.6. The lowest BCUT2D eigenvalue weighted by Gasteiger charge is -2.36. The van der Waals surface area contributed by atoms with Gasteiger partial charge in [0.1, 0.15) is 30.0 Å². The standard InChI is InChI=1S/C46H76N8O7.2ClH/c1-26(2)27(3)49-43(60)37(45(6,7)8)52-41(58)35(51-39(56)28(4)47-12)21-20-34(55)22-30-23-36(42(59)50-33-19-18-31-16-14-15-17-32(31)24-33)54(25-30)44(61)38(46(9,10)11)53-40(57)29(5)48-13;;/h14-17,26-30,33,35-38,47-48H,18-25H2,1-13H3,(H,49,60)(H,50,59)(H,51,56)(H,52,58)(H,53,57);2*1H/t27-,28-,29-,30-,33+,35-,36?,37+,38+;;/m0../s1. The molecule has 358 valence electrons. The third-order valence-corrected chi connectivity index (χ3v) is 12.4. The number of hydrogen-bond acceptors (Lipinski definition) is 9. The minimum Gasteiger partial charge on any atom is -0.352 e. The summed E-state index contributed by atoms with van der Waals surface area (Å²) < 4.78 is 0. The zero-order valence-corrected chi connectivity index (χ0v) is 41.5. The number of hydrogen-bond donors (Lipinski definition) is 7. The summed E-state index contributed by atoms with van der Waals surface area (Å²) in [6, 6.07) is 2.85. The van der Waals surface area contributed by atoms with Crippen LogP contribution in [0.5, 0.6) is 0 Å². The first kappa shape index (κ1) is 57.2. The van der Waals surface area contributed by atoms with Crippen molar-refractivity contribution in [3.8, 4) is 0 Å². The van der Waals surface area contributed by atoms with E-state index in [1.165, 1.54) is 16.0 Å². The molecule has 0 aromatic heterocycles. The van der Waals surface area contributed by atoms with E-state index in [4.69, 9.17) is 0 Å². The number of likely N-dealkylation sites (N-methyl/N-ethyl adjacent to an activating group) is 2. The summed E-state index contributed by atoms with van der Waals surface area (Å²) in [6.45, 7) is 20.4. The molecule has 0 spiro atoms. The van der Waals surface area contributed by atoms with Gasteiger partial charge in [-0.1, -0.05) is 79.7 Å². The van der Waals surface area contributed by atoms with Crippen LogP contribution in [0.1, 0.15) is 119 Å². The fraction of sp³-hybridized carbons (Fsp3) is 0.717. The molecule has 1 aromatic rings. The van der Waals surface area contributed by atoms with Crippen LogP contribution in [0.4, 0.5) is 0 Å². The van der Waals surface area contributed by atoms with E-state index in [0.29, 0.717) is 6.42 Å². The molecule has 63 heavy (non-hydrogen) atoms. The van der Waals surface area contributed by atoms with Crippen LogP contribution in [-0.2, 0) is 46.4 Å². The van der Waals surface area contributed by atoms with Crippen LogP contribution in [0.25, 0.3) is 0 Å². The fourth-order valence-electron chi connectivity index (χ4n) is 7.71. The van der Waals surface area contributed by atoms with Gasteiger partial charge in [-0.3, -0.25) is 33.6 Å². The van der Waals surface area contributed by atoms with Gasteiger partial charge in [0, 0.05) is 31.5 Å². The van der Waals surface area contributed by atoms with Crippen molar-refractivity contribution in [3.05, 3.63) is 35.4 Å². The summed E-state index contributed by atoms with van der Waals surface area (Å²) in [5, 5.41) is 20.5. The van der Waals surface area contributed by atoms with Crippen molar-refractivity contribution in [1.29, 1.82) is 0 Å². The molecule has 2 aliphatic rings. The van der Waals surface area contributed by atoms with E-state index < -0.39 is 64.8 Å². The highest BCUT2D eigenvalue weighted by molar-refractivity contribution is 5.95. The number of amides is 6. The second-order valence-electron chi connectivity index (χ2n) is 19.8. The number of Topliss-reactive ketones (excluding diaryl/α,β-unsaturated/α-hetero) is 1. The molecule has 0 saturated carbocycles. The second-order valence-corrected chi connectivity index (χ2v) is 19.8. The SMILES string of the molecule is CN[C@@H](C)C(=O)N[C@@H](CCC(=O)C[C@H]1CC(C(=O)N[C@@H]2CCc3ccccc3C2)N(C(=O)[C@@H](NC(=O)[C@H](C)NC)C(C)(C)C)C1)C(=O)N[C@H](C(=O)N[C@@H](C)C(C)C)C(C)(C)C.Cl.Cl. The normalized spacial score (nSPS) is 20.2. The lowest BCUT2D eigenvalue weighted by Crippen LogP contribution is -2.60. The molecule has 1 aliphatic heterocycles. The maximum atomic E-state index is 14.5. The predicted molar refractivity (Wildman–Crippen MR) is 252 cm³/mol. The minimum atomic E-state index is -1.12. The molecule has 1 heterocycles. The van der Waals surface area contributed by atoms with Crippen molar-refractivity contribution in [2.24, 2.45) is 22.7 Å². The maximum absolute atomic E-state index is 14.5. The van der Waals surface area contributed by atoms with Gasteiger partial charge in [-0.2, -0.15) is 0 Å². The number of likely N-dealkylation sites (tertiary alicyclic amines) is 1. The summed E-state index contributed by atoms with van der Waals surface area (Å²) >= 11 is 0. The molecule has 9 atom stereocenters. The Bertz CT molecular complexity index is 1730. The van der Waals surface area contributed by atoms with Crippen LogP contribution in [0.15, 0.2) is 24.3 Å². The van der Waals surface area contributed by atoms with Crippen LogP contribution < -0.4 is 37.2 Å². The highest BCUT2D eigenvalue weighted by Gasteiger charge is 2.46. The Morgan fingerprint density at radius 3 is 1.79 bits per heavy atom. The lowest BCUT2D eigenvalue weighted by molar-refractivity contribution is -0.144. The number of carbonyl (C=O) groups excluding carboxylic acids is 7. The Balaban J connectivity index is 0.00000992. The average molecular weight is 926 g/mol. The lowest BCUT2D eigenvalue weighted by atomic mass is 9.85. The van der Waals surface area contributed by atoms with E-state index in [-0.39, 0.29) is 104 Å². The monoisotopic (exact) mass is 925 g/mol. The minimum absolute atomic E-state index is 0. The van der Waals surface area contributed by atoms with Gasteiger partial charge in [0.2, 0.25) is 35.4 Å². The first-order chi connectivity index (χ1) is 28.4. The molecule has 0 bridgehead atoms. The van der Waals surface area contributed by atoms with Crippen molar-refractivity contribution < 1.29 is 33.6 Å². The largest absolute Gasteiger partial charge is 0.352 e. The van der Waals surface area contributed by atoms with Crippen molar-refractivity contribution in [1.82, 2.24) is 42.1 Å². The summed E-state index contributed by atoms with van der Waals surface area (Å²) in [7, 11) is 3.28. The Morgan fingerprint density at radius 1 is 0.714 bits per heavy atom. The van der Waals surface area contributed by atoms with E-state index in [1.807, 2.05) is 74.4 Å². The summed E-state index contributed by atoms with van der Waals surface area (Å²) in [6.07, 6.45) is 2.41. The van der Waals surface area contributed by atoms with E-state index >= 15 is 0 Å². The van der Waals surface area contributed by atoms with Gasteiger partial charge in [-0.25, -0.2) is 0 Å². The second kappa shape index (κ2) is 25.1. The molecule has 15 nitrogen and oxygen atoms in total. The van der Waals surface area contributed by atoms with Gasteiger partial charge in [-0.05, 0) is 101 Å². The number of halogens is 2. The Hall–Kier alpha value is -3.79. The van der Waals surface area contributed by atoms with Gasteiger partial charge in [0.25, 0.3) is 0 Å². The molecule has 6 amide bonds. The van der Waals surface area contributed by atoms with Crippen LogP contribution in [-0.4, -0.2) is 115 Å². The van der Waals surface area contributed by atoms with Crippen LogP contribution in [0.2, 0.25) is 0 Å². The molecule has 1 unspecified atom stereocenters. The smallest absolute Gasteiger partial charge is 0.246 e. The molecule has 1 aromatic carbocycles. The number of aryl methyl sites for hydroxylation is 1. The molecular weight excluding hydrogens is 847 g/mol. The number of benzene rings is 1. The van der Waals surface area contributed by atoms with Gasteiger partial charge < -0.3 is 42.1 Å². The Labute approximate surface area is 388 Å². The van der Waals surface area contributed by atoms with E-state index in [1.54, 1.807) is 27.9 Å². The Morgan fingerprint density at radius 2 is 1.25 bits per heavy atom. The quantitative estimate of drug-likeness (QED) is 0.109. The molecule has 17 heteroatoms. The Kier molecular flexibility index (Phi) is 22.8. The molecule has 0 radical (unpaired) electrons. The third kappa shape index (κ3) is 16.6. The highest BCUT2D eigenvalue weighted by atomic mass is 35.5. The molecular formula is C46H78Cl2N8O7. The van der Waals surface area contributed by atoms with Crippen molar-refractivity contribution in [2.45, 2.75) is 169 Å². The van der Waals surface area contributed by atoms with Gasteiger partial charge in [-0.15, -0.1) is 24.8 Å². The maximum Gasteiger partial charge on any atom is 0.246 e. The van der Waals surface area contributed by atoms with Crippen molar-refractivity contribution >= 4 is 66.0 Å².